The number of nitrogens with zero attached hydrogens (tertiary/aromatic N) is 4. The highest BCUT2D eigenvalue weighted by Crippen LogP contribution is 2.37. The number of hydrogen-bond acceptors (Lipinski definition) is 3. The quantitative estimate of drug-likeness (QED) is 0.579. The number of carbonyl (C=O) groups excluding carboxylic acids is 1. The monoisotopic (exact) mass is 393 g/mol. The summed E-state index contributed by atoms with van der Waals surface area (Å²) in [4.78, 5) is 20.7. The Kier molecular flexibility index (Phi) is 3.77. The van der Waals surface area contributed by atoms with Crippen molar-refractivity contribution in [2.24, 2.45) is 5.73 Å². The molecular formula is C21H17F2N5O. The molecule has 2 N–H and O–H groups in total. The molecule has 4 heterocycles. The number of carbonyl (C=O) groups is 1. The van der Waals surface area contributed by atoms with E-state index in [2.05, 4.69) is 9.55 Å². The average Bonchev–Trinajstić information content (AvgIpc) is 3.37. The number of halogens is 2. The molecule has 1 amide bonds. The molecule has 6 nitrogen and oxygen atoms in total. The summed E-state index contributed by atoms with van der Waals surface area (Å²) >= 11 is 0. The van der Waals surface area contributed by atoms with Crippen molar-refractivity contribution in [2.75, 3.05) is 0 Å². The minimum atomic E-state index is -0.911. The maximum Gasteiger partial charge on any atom is 0.267 e. The molecule has 1 aliphatic rings. The lowest BCUT2D eigenvalue weighted by Crippen LogP contribution is -2.13. The first kappa shape index (κ1) is 17.5. The van der Waals surface area contributed by atoms with Gasteiger partial charge in [0.15, 0.2) is 11.6 Å². The molecule has 0 atom stereocenters. The number of fused-ring (bicyclic) bond motifs is 2. The number of primary amides is 1. The number of nitrogens with two attached hydrogens (primary N) is 1. The fourth-order valence-corrected chi connectivity index (χ4v) is 4.01. The van der Waals surface area contributed by atoms with Crippen molar-refractivity contribution in [1.82, 2.24) is 18.9 Å². The molecule has 0 bridgehead atoms. The molecule has 0 fully saturated rings. The first-order valence-corrected chi connectivity index (χ1v) is 9.26. The minimum Gasteiger partial charge on any atom is -0.364 e. The van der Waals surface area contributed by atoms with Crippen molar-refractivity contribution >= 4 is 11.6 Å². The van der Waals surface area contributed by atoms with E-state index in [1.54, 1.807) is 23.6 Å². The van der Waals surface area contributed by atoms with E-state index in [1.807, 2.05) is 6.07 Å². The van der Waals surface area contributed by atoms with Gasteiger partial charge in [-0.25, -0.2) is 18.7 Å². The van der Waals surface area contributed by atoms with Crippen molar-refractivity contribution in [3.8, 4) is 22.5 Å². The van der Waals surface area contributed by atoms with Crippen LogP contribution in [0.25, 0.3) is 28.2 Å². The molecule has 3 aromatic heterocycles. The average molecular weight is 393 g/mol. The molecule has 0 aliphatic carbocycles. The molecule has 0 saturated carbocycles. The summed E-state index contributed by atoms with van der Waals surface area (Å²) in [7, 11) is 0. The third-order valence-corrected chi connectivity index (χ3v) is 5.38. The third kappa shape index (κ3) is 2.63. The SMILES string of the molecule is Cc1cc(F)c(F)cc1-c1nc2n(c1-c1ccc3ncc(C(N)=O)n3c1)CCC2. The van der Waals surface area contributed by atoms with Crippen LogP contribution in [0.5, 0.6) is 0 Å². The normalized spacial score (nSPS) is 13.2. The van der Waals surface area contributed by atoms with Gasteiger partial charge in [0.25, 0.3) is 5.91 Å². The van der Waals surface area contributed by atoms with Gasteiger partial charge in [0.05, 0.1) is 17.6 Å². The number of imidazole rings is 2. The van der Waals surface area contributed by atoms with Crippen LogP contribution < -0.4 is 5.73 Å². The lowest BCUT2D eigenvalue weighted by atomic mass is 10.0. The van der Waals surface area contributed by atoms with Gasteiger partial charge in [0.2, 0.25) is 0 Å². The summed E-state index contributed by atoms with van der Waals surface area (Å²) in [5, 5.41) is 0. The van der Waals surface area contributed by atoms with Crippen LogP contribution in [0, 0.1) is 18.6 Å². The van der Waals surface area contributed by atoms with Crippen molar-refractivity contribution in [1.29, 1.82) is 0 Å². The molecular weight excluding hydrogens is 376 g/mol. The molecule has 146 valence electrons. The molecule has 0 unspecified atom stereocenters. The highest BCUT2D eigenvalue weighted by molar-refractivity contribution is 5.92. The predicted octanol–water partition coefficient (Wildman–Crippen LogP) is 3.50. The number of aromatic nitrogens is 4. The smallest absolute Gasteiger partial charge is 0.267 e. The van der Waals surface area contributed by atoms with E-state index in [0.717, 1.165) is 36.5 Å². The molecule has 4 aromatic rings. The van der Waals surface area contributed by atoms with E-state index in [-0.39, 0.29) is 5.69 Å². The van der Waals surface area contributed by atoms with E-state index >= 15 is 0 Å². The van der Waals surface area contributed by atoms with E-state index in [4.69, 9.17) is 10.7 Å². The Hall–Kier alpha value is -3.55. The van der Waals surface area contributed by atoms with E-state index in [1.165, 1.54) is 18.3 Å². The number of pyridine rings is 1. The first-order valence-electron chi connectivity index (χ1n) is 9.26. The summed E-state index contributed by atoms with van der Waals surface area (Å²) in [6.45, 7) is 2.52. The maximum atomic E-state index is 14.0. The van der Waals surface area contributed by atoms with E-state index in [9.17, 15) is 13.6 Å². The van der Waals surface area contributed by atoms with Gasteiger partial charge in [0, 0.05) is 30.3 Å². The Balaban J connectivity index is 1.78. The maximum absolute atomic E-state index is 14.0. The summed E-state index contributed by atoms with van der Waals surface area (Å²) < 4.78 is 31.4. The van der Waals surface area contributed by atoms with Gasteiger partial charge in [0.1, 0.15) is 17.2 Å². The molecule has 8 heteroatoms. The van der Waals surface area contributed by atoms with Gasteiger partial charge in [-0.05, 0) is 43.2 Å². The van der Waals surface area contributed by atoms with Crippen molar-refractivity contribution in [3.63, 3.8) is 0 Å². The van der Waals surface area contributed by atoms with Gasteiger partial charge in [-0.2, -0.15) is 0 Å². The molecule has 0 spiro atoms. The Morgan fingerprint density at radius 1 is 1.21 bits per heavy atom. The van der Waals surface area contributed by atoms with Crippen molar-refractivity contribution in [3.05, 3.63) is 65.4 Å². The molecule has 0 radical (unpaired) electrons. The van der Waals surface area contributed by atoms with Crippen LogP contribution in [0.1, 0.15) is 28.3 Å². The second-order valence-corrected chi connectivity index (χ2v) is 7.22. The molecule has 1 aromatic carbocycles. The Morgan fingerprint density at radius 3 is 2.79 bits per heavy atom. The number of rotatable bonds is 3. The largest absolute Gasteiger partial charge is 0.364 e. The second kappa shape index (κ2) is 6.23. The fourth-order valence-electron chi connectivity index (χ4n) is 4.01. The van der Waals surface area contributed by atoms with Gasteiger partial charge in [-0.3, -0.25) is 9.20 Å². The van der Waals surface area contributed by atoms with Gasteiger partial charge < -0.3 is 10.3 Å². The number of benzene rings is 1. The van der Waals surface area contributed by atoms with Crippen LogP contribution in [0.2, 0.25) is 0 Å². The highest BCUT2D eigenvalue weighted by atomic mass is 19.2. The lowest BCUT2D eigenvalue weighted by Gasteiger charge is -2.11. The summed E-state index contributed by atoms with van der Waals surface area (Å²) in [6.07, 6.45) is 4.99. The van der Waals surface area contributed by atoms with Gasteiger partial charge in [-0.1, -0.05) is 0 Å². The van der Waals surface area contributed by atoms with Crippen molar-refractivity contribution < 1.29 is 13.6 Å². The lowest BCUT2D eigenvalue weighted by molar-refractivity contribution is 0.0995. The molecule has 0 saturated heterocycles. The van der Waals surface area contributed by atoms with Crippen LogP contribution in [0.3, 0.4) is 0 Å². The number of aryl methyl sites for hydroxylation is 2. The molecule has 29 heavy (non-hydrogen) atoms. The summed E-state index contributed by atoms with van der Waals surface area (Å²) in [5.41, 5.74) is 9.65. The zero-order valence-corrected chi connectivity index (χ0v) is 15.6. The zero-order chi connectivity index (χ0) is 20.3. The third-order valence-electron chi connectivity index (χ3n) is 5.38. The first-order chi connectivity index (χ1) is 13.9. The highest BCUT2D eigenvalue weighted by Gasteiger charge is 2.25. The van der Waals surface area contributed by atoms with Crippen LogP contribution in [-0.2, 0) is 13.0 Å². The zero-order valence-electron chi connectivity index (χ0n) is 15.6. The van der Waals surface area contributed by atoms with Crippen LogP contribution >= 0.6 is 0 Å². The predicted molar refractivity (Wildman–Crippen MR) is 103 cm³/mol. The van der Waals surface area contributed by atoms with Crippen LogP contribution in [-0.4, -0.2) is 24.8 Å². The fraction of sp³-hybridized carbons (Fsp3) is 0.190. The van der Waals surface area contributed by atoms with Crippen LogP contribution in [0.4, 0.5) is 8.78 Å². The standard InChI is InChI=1S/C21H17F2N5O/c1-11-7-14(22)15(23)8-13(11)19-20(27-6-2-3-18(27)26-19)12-4-5-17-25-9-16(21(24)29)28(17)10-12/h4-5,7-10H,2-3,6H2,1H3,(H2,24,29). The Bertz CT molecular complexity index is 1300. The van der Waals surface area contributed by atoms with Crippen molar-refractivity contribution in [2.45, 2.75) is 26.3 Å². The van der Waals surface area contributed by atoms with E-state index < -0.39 is 17.5 Å². The summed E-state index contributed by atoms with van der Waals surface area (Å²) in [6, 6.07) is 6.05. The number of amides is 1. The van der Waals surface area contributed by atoms with Gasteiger partial charge >= 0.3 is 0 Å². The second-order valence-electron chi connectivity index (χ2n) is 7.22. The molecule has 5 rings (SSSR count). The Morgan fingerprint density at radius 2 is 2.00 bits per heavy atom. The summed E-state index contributed by atoms with van der Waals surface area (Å²) in [5.74, 6) is -1.47. The Labute approximate surface area is 164 Å². The topological polar surface area (TPSA) is 78.2 Å². The number of hydrogen-bond donors (Lipinski definition) is 1. The van der Waals surface area contributed by atoms with E-state index in [0.29, 0.717) is 22.5 Å². The van der Waals surface area contributed by atoms with Gasteiger partial charge in [-0.15, -0.1) is 0 Å². The minimum absolute atomic E-state index is 0.272. The molecule has 1 aliphatic heterocycles. The van der Waals surface area contributed by atoms with Crippen LogP contribution in [0.15, 0.2) is 36.7 Å².